The van der Waals surface area contributed by atoms with Crippen molar-refractivity contribution in [3.05, 3.63) is 29.8 Å². The fraction of sp³-hybridized carbons (Fsp3) is 0.385. The largest absolute Gasteiger partial charge is 0.484 e. The molecule has 4 N–H and O–H groups in total. The van der Waals surface area contributed by atoms with E-state index in [9.17, 15) is 9.59 Å². The number of hydrogen-bond acceptors (Lipinski definition) is 4. The van der Waals surface area contributed by atoms with Gasteiger partial charge in [0.25, 0.3) is 5.91 Å². The molecule has 0 atom stereocenters. The van der Waals surface area contributed by atoms with Crippen LogP contribution in [0.2, 0.25) is 0 Å². The van der Waals surface area contributed by atoms with E-state index in [1.165, 1.54) is 0 Å². The molecule has 104 valence electrons. The van der Waals surface area contributed by atoms with Gasteiger partial charge in [-0.2, -0.15) is 0 Å². The molecule has 0 aromatic heterocycles. The quantitative estimate of drug-likeness (QED) is 0.723. The van der Waals surface area contributed by atoms with Crippen LogP contribution in [0.25, 0.3) is 0 Å². The number of carbonyl (C=O) groups is 2. The molecule has 0 saturated carbocycles. The van der Waals surface area contributed by atoms with Gasteiger partial charge in [-0.25, -0.2) is 0 Å². The number of likely N-dealkylation sites (N-methyl/N-ethyl adjacent to an activating group) is 1. The normalized spacial score (nSPS) is 10.0. The first-order chi connectivity index (χ1) is 9.04. The summed E-state index contributed by atoms with van der Waals surface area (Å²) in [5, 5.41) is 0. The Bertz CT molecular complexity index is 431. The summed E-state index contributed by atoms with van der Waals surface area (Å²) >= 11 is 0. The van der Waals surface area contributed by atoms with Crippen LogP contribution in [-0.2, 0) is 4.79 Å². The minimum atomic E-state index is -0.496. The number of amides is 2. The summed E-state index contributed by atoms with van der Waals surface area (Å²) in [7, 11) is 1.71. The Morgan fingerprint density at radius 2 is 1.89 bits per heavy atom. The molecule has 2 amide bonds. The van der Waals surface area contributed by atoms with E-state index in [-0.39, 0.29) is 12.5 Å². The van der Waals surface area contributed by atoms with Crippen molar-refractivity contribution in [2.24, 2.45) is 11.5 Å². The van der Waals surface area contributed by atoms with Crippen molar-refractivity contribution in [3.63, 3.8) is 0 Å². The smallest absolute Gasteiger partial charge is 0.260 e. The number of rotatable bonds is 7. The Kier molecular flexibility index (Phi) is 5.81. The number of nitrogens with two attached hydrogens (primary N) is 2. The van der Waals surface area contributed by atoms with Gasteiger partial charge in [-0.15, -0.1) is 0 Å². The molecular formula is C13H19N3O3. The summed E-state index contributed by atoms with van der Waals surface area (Å²) in [4.78, 5) is 24.1. The van der Waals surface area contributed by atoms with Crippen LogP contribution >= 0.6 is 0 Å². The molecule has 0 bridgehead atoms. The third-order valence-corrected chi connectivity index (χ3v) is 2.62. The van der Waals surface area contributed by atoms with Crippen LogP contribution in [0, 0.1) is 0 Å². The zero-order valence-electron chi connectivity index (χ0n) is 11.0. The van der Waals surface area contributed by atoms with Crippen LogP contribution in [0.1, 0.15) is 16.8 Å². The van der Waals surface area contributed by atoms with Gasteiger partial charge in [-0.1, -0.05) is 0 Å². The van der Waals surface area contributed by atoms with E-state index in [0.717, 1.165) is 6.42 Å². The van der Waals surface area contributed by atoms with Gasteiger partial charge in [0.2, 0.25) is 5.91 Å². The van der Waals surface area contributed by atoms with Crippen molar-refractivity contribution in [2.45, 2.75) is 6.42 Å². The fourth-order valence-corrected chi connectivity index (χ4v) is 1.42. The number of ether oxygens (including phenoxy) is 1. The zero-order chi connectivity index (χ0) is 14.3. The molecule has 0 aliphatic heterocycles. The van der Waals surface area contributed by atoms with Crippen LogP contribution in [-0.4, -0.2) is 43.5 Å². The van der Waals surface area contributed by atoms with Gasteiger partial charge >= 0.3 is 0 Å². The topological polar surface area (TPSA) is 98.7 Å². The Morgan fingerprint density at radius 3 is 2.42 bits per heavy atom. The van der Waals surface area contributed by atoms with Crippen LogP contribution in [0.4, 0.5) is 0 Å². The molecule has 6 nitrogen and oxygen atoms in total. The molecule has 0 unspecified atom stereocenters. The van der Waals surface area contributed by atoms with E-state index < -0.39 is 5.91 Å². The van der Waals surface area contributed by atoms with Crippen molar-refractivity contribution in [3.8, 4) is 5.75 Å². The van der Waals surface area contributed by atoms with Gasteiger partial charge < -0.3 is 21.1 Å². The molecule has 0 spiro atoms. The minimum Gasteiger partial charge on any atom is -0.484 e. The fourth-order valence-electron chi connectivity index (χ4n) is 1.42. The number of nitrogens with zero attached hydrogens (tertiary/aromatic N) is 1. The molecule has 0 radical (unpaired) electrons. The van der Waals surface area contributed by atoms with Gasteiger partial charge in [0.15, 0.2) is 6.61 Å². The Hall–Kier alpha value is -2.08. The monoisotopic (exact) mass is 265 g/mol. The first kappa shape index (κ1) is 15.0. The summed E-state index contributed by atoms with van der Waals surface area (Å²) in [5.41, 5.74) is 10.9. The lowest BCUT2D eigenvalue weighted by Crippen LogP contribution is -2.33. The lowest BCUT2D eigenvalue weighted by molar-refractivity contribution is -0.132. The Labute approximate surface area is 112 Å². The van der Waals surface area contributed by atoms with E-state index in [2.05, 4.69) is 0 Å². The average Bonchev–Trinajstić information content (AvgIpc) is 2.42. The van der Waals surface area contributed by atoms with E-state index in [1.54, 1.807) is 36.2 Å². The maximum atomic E-state index is 11.7. The van der Waals surface area contributed by atoms with E-state index >= 15 is 0 Å². The second-order valence-electron chi connectivity index (χ2n) is 4.13. The number of carbonyl (C=O) groups excluding carboxylic acids is 2. The SMILES string of the molecule is CN(CCCN)C(=O)COc1ccc(C(N)=O)cc1. The van der Waals surface area contributed by atoms with Crippen molar-refractivity contribution in [1.29, 1.82) is 0 Å². The molecule has 0 aliphatic carbocycles. The predicted octanol–water partition coefficient (Wildman–Crippen LogP) is -0.0285. The first-order valence-electron chi connectivity index (χ1n) is 6.01. The second kappa shape index (κ2) is 7.38. The maximum absolute atomic E-state index is 11.7. The van der Waals surface area contributed by atoms with Crippen LogP contribution in [0.15, 0.2) is 24.3 Å². The molecule has 0 aliphatic rings. The van der Waals surface area contributed by atoms with Crippen molar-refractivity contribution >= 4 is 11.8 Å². The third-order valence-electron chi connectivity index (χ3n) is 2.62. The van der Waals surface area contributed by atoms with Gasteiger partial charge in [-0.3, -0.25) is 9.59 Å². The molecule has 1 aromatic carbocycles. The van der Waals surface area contributed by atoms with Gasteiger partial charge in [-0.05, 0) is 37.2 Å². The molecule has 19 heavy (non-hydrogen) atoms. The number of hydrogen-bond donors (Lipinski definition) is 2. The maximum Gasteiger partial charge on any atom is 0.260 e. The summed E-state index contributed by atoms with van der Waals surface area (Å²) < 4.78 is 5.33. The Balaban J connectivity index is 2.43. The van der Waals surface area contributed by atoms with Crippen LogP contribution in [0.5, 0.6) is 5.75 Å². The van der Waals surface area contributed by atoms with E-state index in [4.69, 9.17) is 16.2 Å². The highest BCUT2D eigenvalue weighted by molar-refractivity contribution is 5.92. The van der Waals surface area contributed by atoms with Crippen molar-refractivity contribution in [1.82, 2.24) is 4.90 Å². The molecule has 1 aromatic rings. The summed E-state index contributed by atoms with van der Waals surface area (Å²) in [6.07, 6.45) is 0.759. The molecule has 1 rings (SSSR count). The van der Waals surface area contributed by atoms with E-state index in [0.29, 0.717) is 24.4 Å². The molecule has 0 fully saturated rings. The standard InChI is InChI=1S/C13H19N3O3/c1-16(8-2-7-14)12(17)9-19-11-5-3-10(4-6-11)13(15)18/h3-6H,2,7-9,14H2,1H3,(H2,15,18). The lowest BCUT2D eigenvalue weighted by Gasteiger charge is -2.16. The summed E-state index contributed by atoms with van der Waals surface area (Å²) in [6, 6.07) is 6.32. The molecular weight excluding hydrogens is 246 g/mol. The average molecular weight is 265 g/mol. The summed E-state index contributed by atoms with van der Waals surface area (Å²) in [5.74, 6) is -0.0952. The molecule has 6 heteroatoms. The number of benzene rings is 1. The van der Waals surface area contributed by atoms with Gasteiger partial charge in [0, 0.05) is 19.2 Å². The van der Waals surface area contributed by atoms with Crippen LogP contribution < -0.4 is 16.2 Å². The van der Waals surface area contributed by atoms with Gasteiger partial charge in [0.05, 0.1) is 0 Å². The lowest BCUT2D eigenvalue weighted by atomic mass is 10.2. The van der Waals surface area contributed by atoms with Crippen molar-refractivity contribution < 1.29 is 14.3 Å². The van der Waals surface area contributed by atoms with Crippen LogP contribution in [0.3, 0.4) is 0 Å². The second-order valence-corrected chi connectivity index (χ2v) is 4.13. The van der Waals surface area contributed by atoms with Crippen molar-refractivity contribution in [2.75, 3.05) is 26.7 Å². The van der Waals surface area contributed by atoms with Gasteiger partial charge in [0.1, 0.15) is 5.75 Å². The third kappa shape index (κ3) is 4.97. The molecule has 0 heterocycles. The highest BCUT2D eigenvalue weighted by Gasteiger charge is 2.09. The minimum absolute atomic E-state index is 0.0447. The highest BCUT2D eigenvalue weighted by atomic mass is 16.5. The Morgan fingerprint density at radius 1 is 1.26 bits per heavy atom. The zero-order valence-corrected chi connectivity index (χ0v) is 11.0. The predicted molar refractivity (Wildman–Crippen MR) is 71.8 cm³/mol. The highest BCUT2D eigenvalue weighted by Crippen LogP contribution is 2.11. The molecule has 0 saturated heterocycles. The number of primary amides is 1. The van der Waals surface area contributed by atoms with E-state index in [1.807, 2.05) is 0 Å². The summed E-state index contributed by atoms with van der Waals surface area (Å²) in [6.45, 7) is 1.11. The first-order valence-corrected chi connectivity index (χ1v) is 6.01.